The number of ether oxygens (including phenoxy) is 6. The van der Waals surface area contributed by atoms with Gasteiger partial charge in [-0.25, -0.2) is 28.9 Å². The zero-order chi connectivity index (χ0) is 89.6. The molecule has 6 unspecified atom stereocenters. The van der Waals surface area contributed by atoms with Crippen molar-refractivity contribution in [1.29, 1.82) is 0 Å². The van der Waals surface area contributed by atoms with Crippen LogP contribution in [0, 0.1) is 81.2 Å². The van der Waals surface area contributed by atoms with Crippen LogP contribution in [0.2, 0.25) is 36.3 Å². The van der Waals surface area contributed by atoms with Gasteiger partial charge in [0, 0.05) is 148 Å². The van der Waals surface area contributed by atoms with Crippen molar-refractivity contribution in [2.75, 3.05) is 67.2 Å². The molecule has 3 aromatic rings. The first-order chi connectivity index (χ1) is 54.5. The Balaban J connectivity index is -0.000000122. The van der Waals surface area contributed by atoms with Crippen LogP contribution in [-0.2, 0) is 71.8 Å². The monoisotopic (exact) mass is 2620 g/mol. The van der Waals surface area contributed by atoms with E-state index in [-0.39, 0.29) is 394 Å². The van der Waals surface area contributed by atoms with Gasteiger partial charge in [-0.3, -0.25) is 32.9 Å². The fourth-order valence-electron chi connectivity index (χ4n) is 10.2. The van der Waals surface area contributed by atoms with Gasteiger partial charge < -0.3 is 88.8 Å². The Morgan fingerprint density at radius 2 is 1.17 bits per heavy atom. The zero-order valence-electron chi connectivity index (χ0n) is 78.8. The summed E-state index contributed by atoms with van der Waals surface area (Å²) in [4.78, 5) is 90.0. The van der Waals surface area contributed by atoms with Gasteiger partial charge in [0.25, 0.3) is 10.5 Å². The van der Waals surface area contributed by atoms with Crippen LogP contribution in [-0.4, -0.2) is 432 Å². The summed E-state index contributed by atoms with van der Waals surface area (Å²) in [6.45, 7) is 37.2. The number of benzene rings is 1. The van der Waals surface area contributed by atoms with Crippen LogP contribution < -0.4 is 21.7 Å². The van der Waals surface area contributed by atoms with E-state index in [1.807, 2.05) is 51.1 Å². The average Bonchev–Trinajstić information content (AvgIpc) is 1.65. The van der Waals surface area contributed by atoms with Gasteiger partial charge in [-0.1, -0.05) is 126 Å². The summed E-state index contributed by atoms with van der Waals surface area (Å²) in [6, 6.07) is 10.1. The number of nitrogens with one attached hydrogen (secondary N) is 3. The van der Waals surface area contributed by atoms with Crippen LogP contribution in [0.3, 0.4) is 0 Å². The third-order valence-electron chi connectivity index (χ3n) is 19.4. The number of imidazole rings is 2. The third kappa shape index (κ3) is 47.2. The smallest absolute Gasteiger partial charge is 1.00 e. The number of aromatic nitrogens is 4. The van der Waals surface area contributed by atoms with Crippen LogP contribution in [0.5, 0.6) is 0 Å². The number of hydrogen-bond acceptors (Lipinski definition) is 28. The van der Waals surface area contributed by atoms with Gasteiger partial charge in [-0.15, -0.1) is 9.42 Å². The number of nitrogens with zero attached hydrogens (tertiary/aromatic N) is 6. The number of amides is 4. The van der Waals surface area contributed by atoms with Crippen molar-refractivity contribution in [3.63, 3.8) is 0 Å². The van der Waals surface area contributed by atoms with Crippen molar-refractivity contribution in [3.05, 3.63) is 99.8 Å². The van der Waals surface area contributed by atoms with Crippen molar-refractivity contribution in [1.82, 2.24) is 44.4 Å². The average molecular weight is 2620 g/mol. The molecule has 4 amide bonds. The van der Waals surface area contributed by atoms with E-state index in [0.717, 1.165) is 81.0 Å². The molecule has 681 valence electrons. The van der Waals surface area contributed by atoms with Gasteiger partial charge >= 0.3 is 242 Å². The Morgan fingerprint density at radius 3 is 1.50 bits per heavy atom. The fourth-order valence-corrected chi connectivity index (χ4v) is 18.2. The summed E-state index contributed by atoms with van der Waals surface area (Å²) in [5.74, 6) is -1.33. The zero-order valence-corrected chi connectivity index (χ0v) is 103. The van der Waals surface area contributed by atoms with E-state index in [1.165, 1.54) is 52.0 Å². The largest absolute Gasteiger partial charge is 2.00 e. The molecule has 51 heteroatoms. The van der Waals surface area contributed by atoms with Crippen molar-refractivity contribution in [2.24, 2.45) is 29.4 Å². The molecule has 0 aliphatic carbocycles. The number of carbonyl (C=O) groups excluding carboxylic acids is 6. The van der Waals surface area contributed by atoms with Crippen molar-refractivity contribution >= 4 is 321 Å². The van der Waals surface area contributed by atoms with Crippen molar-refractivity contribution < 1.29 is 165 Å². The van der Waals surface area contributed by atoms with E-state index in [2.05, 4.69) is 130 Å². The van der Waals surface area contributed by atoms with Gasteiger partial charge in [0.1, 0.15) is 25.9 Å². The van der Waals surface area contributed by atoms with Crippen LogP contribution in [0.25, 0.3) is 0 Å². The maximum absolute atomic E-state index is 12.1. The molecule has 7 saturated heterocycles. The summed E-state index contributed by atoms with van der Waals surface area (Å²) >= 11 is 10.9. The molecular weight excluding hydrogens is 2480 g/mol. The van der Waals surface area contributed by atoms with Gasteiger partial charge in [0.2, 0.25) is 5.91 Å². The molecule has 16 atom stereocenters. The topological polar surface area (TPSA) is 423 Å². The molecule has 9 heterocycles. The second-order valence-corrected chi connectivity index (χ2v) is 47.8. The van der Waals surface area contributed by atoms with E-state index in [1.54, 1.807) is 32.2 Å². The van der Waals surface area contributed by atoms with Crippen LogP contribution in [0.15, 0.2) is 67.8 Å². The van der Waals surface area contributed by atoms with Gasteiger partial charge in [0.05, 0.1) is 38.5 Å². The maximum atomic E-state index is 12.1. The van der Waals surface area contributed by atoms with Gasteiger partial charge in [-0.2, -0.15) is 39.6 Å². The second-order valence-electron chi connectivity index (χ2n) is 29.5. The number of halogens is 4. The molecule has 0 spiro atoms. The number of hydrogen-bond donors (Lipinski definition) is 8. The van der Waals surface area contributed by atoms with Crippen molar-refractivity contribution in [2.45, 2.75) is 219 Å². The SMILES string of the molecule is CC(=O)n1ccnc1.CC1[C@H](O[Si](C)(C)C(C)(C)C)[CH-]O[C@@H]1CO.CC[C@H]1O[CH-][C@@H](OP(O)(=S)OC[C@H]2O[CH-][C@@H](O[Si](C)(C)C(C)(C)C)C2C)C1C.CC[C@H]1O[CH-][C@@H](O[P+](=O)O)C1C.CN.CNC(=O)SSC(=O)NC.O=C(n1ccnc1)C(F)(F)F.O=C1OCCN1P(=O)(Cl)N1CCOC1=O.O[C@H](c1ccccc1)[C@@H]1CCCN1.[2HH].[2H][3H].[B].[Ba+2].[Ba+2].[Ba+2].[Ba+2].[H-].[H-].[H-].[H-].[HH].[U]. The van der Waals surface area contributed by atoms with Crippen LogP contribution >= 0.6 is 54.6 Å². The predicted molar refractivity (Wildman–Crippen MR) is 480 cm³/mol. The number of nitrogens with two attached hydrogens (primary N) is 1. The Hall–Kier alpha value is 3.46. The summed E-state index contributed by atoms with van der Waals surface area (Å²) in [6.07, 6.45) is 3.92. The number of cyclic esters (lactones) is 2. The molecule has 9 N–H and O–H groups in total. The Labute approximate surface area is 931 Å². The number of alkyl halides is 3. The fraction of sp³-hybridized carbons (Fsp3) is 0.686. The Kier molecular flexibility index (Phi) is 71.3. The number of aliphatic hydroxyl groups excluding tert-OH is 2. The standard InChI is InChI=1S/C19H37O6PSSi.C12H25O3Si.C11H15NO.C7H13O4P.C6H8ClN2O5P.C5H3F3N2O.C5H6N2O.C4H8N2O2S2.CH5N.B.4Ba.U.3H2.4H/c1-9-15-13(2)17(10-21-15)24-26(20,27)23-12-16-14(3)18(11-22-16)25-28(7,8)19(4,5)6;1-9-10(7-13)14-8-11(9)15-16(5,6)12(2,3)4;13-11(10-7-4-8-12-10)9-5-2-1-3-6-9;1-3-6-5(2)7(4-10-6)11-12(8)9;7-15(12,8-1-3-13-5(8)10)9-2-4-14-6(9)11;6-5(7,8)4(11)10-2-1-9-3-10;1-5(8)7-3-2-6-4-7;1-5-3(7)9-10-4(8)6-2;1-2;;;;;;;;;;;;;/h10-11,13-18H,9,12H2,1-8H3,(H,20,27);8-11,13H,7H2,1-6H3;1-3,5-6,10-13H,4,7-8H2;4-7H,3H2,1-2H3,(H,8,9);1-4H2;1-3H;2-4H,1H3;1-2H3,(H,5,7)(H,6,8);2H2,1H3;;;;;;;3*1H;;;;/q-2;-1;;;;;;;;;4*+2;;;;;4*-1/t13?,14?,15-,16-,17-,18-,26?;9?,10-,11-;10-,11+;5?,6-,7-;;;;;;;;;;;;;;;;;;/m1101................../s1/i;;;;;;;;;;;;;;;1+2D;1+1;;;;;. The summed E-state index contributed by atoms with van der Waals surface area (Å²) in [5, 5.41) is 27.0. The molecule has 33 nitrogen and oxygen atoms in total. The number of rotatable bonds is 18. The first kappa shape index (κ1) is 131. The van der Waals surface area contributed by atoms with Gasteiger partial charge in [-0.05, 0) is 134 Å². The molecule has 2 aromatic heterocycles. The normalized spacial score (nSPS) is 24.2. The minimum absolute atomic E-state index is 0. The molecule has 7 fully saturated rings. The molecule has 121 heavy (non-hydrogen) atoms. The van der Waals surface area contributed by atoms with E-state index >= 15 is 0 Å². The minimum Gasteiger partial charge on any atom is -1.00 e. The molecule has 10 rings (SSSR count). The quantitative estimate of drug-likeness (QED) is 0.0254. The molecule has 7 aliphatic heterocycles. The van der Waals surface area contributed by atoms with E-state index < -0.39 is 62.7 Å². The van der Waals surface area contributed by atoms with E-state index in [4.69, 9.17) is 77.4 Å². The number of carbonyl (C=O) groups is 6. The van der Waals surface area contributed by atoms with E-state index in [9.17, 15) is 61.1 Å². The third-order valence-corrected chi connectivity index (χ3v) is 35.3. The first-order valence-electron chi connectivity index (χ1n) is 38.0. The van der Waals surface area contributed by atoms with Crippen LogP contribution in [0.1, 0.15) is 148 Å². The molecule has 1 aromatic carbocycles. The van der Waals surface area contributed by atoms with E-state index in [0.29, 0.717) is 4.57 Å². The van der Waals surface area contributed by atoms with Crippen LogP contribution in [0.4, 0.5) is 32.3 Å². The summed E-state index contributed by atoms with van der Waals surface area (Å²) in [5.41, 5.74) is 5.52. The Bertz CT molecular complexity index is 3540. The van der Waals surface area contributed by atoms with Gasteiger partial charge in [0.15, 0.2) is 16.6 Å². The predicted octanol–water partition coefficient (Wildman–Crippen LogP) is 13.2. The summed E-state index contributed by atoms with van der Waals surface area (Å²) in [7, 11) is 0.0829. The molecular formula is C70H130BBa4ClF3N10O23P3S3Si2U+. The molecule has 7 aliphatic rings. The van der Waals surface area contributed by atoms with Crippen molar-refractivity contribution in [3.8, 4) is 0 Å². The minimum atomic E-state index is -4.83. The molecule has 0 bridgehead atoms. The molecule has 0 saturated carbocycles. The summed E-state index contributed by atoms with van der Waals surface area (Å²) < 4.78 is 131. The maximum Gasteiger partial charge on any atom is 2.00 e. The second kappa shape index (κ2) is 66.0. The molecule has 3 radical (unpaired) electrons. The number of aliphatic hydroxyl groups is 2. The Morgan fingerprint density at radius 1 is 0.777 bits per heavy atom. The first-order valence-corrected chi connectivity index (χ1v) is 51.2.